The van der Waals surface area contributed by atoms with Crippen molar-refractivity contribution in [2.45, 2.75) is 31.9 Å². The smallest absolute Gasteiger partial charge is 0.140 e. The fourth-order valence-electron chi connectivity index (χ4n) is 1.99. The number of nitrogens with zero attached hydrogens (tertiary/aromatic N) is 2. The van der Waals surface area contributed by atoms with E-state index in [1.807, 2.05) is 0 Å². The van der Waals surface area contributed by atoms with Gasteiger partial charge in [-0.25, -0.2) is 9.97 Å². The number of rotatable bonds is 4. The molecule has 82 valence electrons. The average Bonchev–Trinajstić information content (AvgIpc) is 2.67. The lowest BCUT2D eigenvalue weighted by molar-refractivity contribution is 0.893. The molecular weight excluding hydrogens is 206 g/mol. The molecule has 0 aromatic carbocycles. The van der Waals surface area contributed by atoms with E-state index in [1.54, 1.807) is 11.8 Å². The van der Waals surface area contributed by atoms with E-state index in [4.69, 9.17) is 0 Å². The van der Waals surface area contributed by atoms with Crippen LogP contribution in [-0.4, -0.2) is 22.8 Å². The summed E-state index contributed by atoms with van der Waals surface area (Å²) in [6.45, 7) is 3.04. The van der Waals surface area contributed by atoms with Crippen molar-refractivity contribution < 1.29 is 0 Å². The lowest BCUT2D eigenvalue weighted by Gasteiger charge is -2.10. The molecule has 0 atom stereocenters. The average molecular weight is 223 g/mol. The first-order chi connectivity index (χ1) is 7.35. The van der Waals surface area contributed by atoms with Crippen LogP contribution in [0.25, 0.3) is 0 Å². The molecule has 4 heteroatoms. The maximum Gasteiger partial charge on any atom is 0.140 e. The van der Waals surface area contributed by atoms with Gasteiger partial charge < -0.3 is 5.32 Å². The molecule has 1 aliphatic carbocycles. The summed E-state index contributed by atoms with van der Waals surface area (Å²) in [6, 6.07) is 0. The van der Waals surface area contributed by atoms with Gasteiger partial charge in [0.25, 0.3) is 0 Å². The predicted octanol–water partition coefficient (Wildman–Crippen LogP) is 2.26. The van der Waals surface area contributed by atoms with Crippen LogP contribution in [0.2, 0.25) is 0 Å². The SMILES string of the molecule is CCNc1nc(CSC)nc2c1CCC2. The van der Waals surface area contributed by atoms with Crippen molar-refractivity contribution in [2.24, 2.45) is 0 Å². The molecule has 0 fully saturated rings. The van der Waals surface area contributed by atoms with Crippen molar-refractivity contribution in [3.05, 3.63) is 17.1 Å². The first kappa shape index (κ1) is 10.7. The van der Waals surface area contributed by atoms with Crippen LogP contribution in [0.15, 0.2) is 0 Å². The number of hydrogen-bond acceptors (Lipinski definition) is 4. The van der Waals surface area contributed by atoms with Gasteiger partial charge in [0.05, 0.1) is 5.75 Å². The fourth-order valence-corrected chi connectivity index (χ4v) is 2.38. The second-order valence-electron chi connectivity index (χ2n) is 3.73. The Labute approximate surface area is 95.1 Å². The van der Waals surface area contributed by atoms with Crippen LogP contribution in [0.5, 0.6) is 0 Å². The van der Waals surface area contributed by atoms with Crippen molar-refractivity contribution in [2.75, 3.05) is 18.1 Å². The molecule has 1 N–H and O–H groups in total. The second-order valence-corrected chi connectivity index (χ2v) is 4.60. The molecule has 0 bridgehead atoms. The van der Waals surface area contributed by atoms with Crippen LogP contribution in [0, 0.1) is 0 Å². The van der Waals surface area contributed by atoms with Gasteiger partial charge in [0.2, 0.25) is 0 Å². The molecule has 1 aromatic rings. The van der Waals surface area contributed by atoms with Crippen LogP contribution in [0.4, 0.5) is 5.82 Å². The molecule has 1 heterocycles. The van der Waals surface area contributed by atoms with Gasteiger partial charge in [-0.15, -0.1) is 0 Å². The molecule has 1 aliphatic rings. The summed E-state index contributed by atoms with van der Waals surface area (Å²) in [5.41, 5.74) is 2.62. The third kappa shape index (κ3) is 2.25. The number of hydrogen-bond donors (Lipinski definition) is 1. The Kier molecular flexibility index (Phi) is 3.46. The van der Waals surface area contributed by atoms with Crippen molar-refractivity contribution in [1.29, 1.82) is 0 Å². The van der Waals surface area contributed by atoms with Crippen LogP contribution >= 0.6 is 11.8 Å². The molecule has 0 radical (unpaired) electrons. The zero-order valence-electron chi connectivity index (χ0n) is 9.34. The summed E-state index contributed by atoms with van der Waals surface area (Å²) in [5, 5.41) is 3.35. The molecular formula is C11H17N3S. The van der Waals surface area contributed by atoms with E-state index < -0.39 is 0 Å². The van der Waals surface area contributed by atoms with Gasteiger partial charge in [-0.2, -0.15) is 11.8 Å². The number of thioether (sulfide) groups is 1. The van der Waals surface area contributed by atoms with E-state index in [-0.39, 0.29) is 0 Å². The highest BCUT2D eigenvalue weighted by molar-refractivity contribution is 7.97. The van der Waals surface area contributed by atoms with Crippen molar-refractivity contribution in [3.63, 3.8) is 0 Å². The molecule has 0 unspecified atom stereocenters. The second kappa shape index (κ2) is 4.84. The number of nitrogens with one attached hydrogen (secondary N) is 1. The fraction of sp³-hybridized carbons (Fsp3) is 0.636. The number of anilines is 1. The zero-order valence-corrected chi connectivity index (χ0v) is 10.2. The van der Waals surface area contributed by atoms with Crippen LogP contribution in [0.1, 0.15) is 30.4 Å². The summed E-state index contributed by atoms with van der Waals surface area (Å²) in [6.07, 6.45) is 5.57. The minimum absolute atomic E-state index is 0.908. The summed E-state index contributed by atoms with van der Waals surface area (Å²) >= 11 is 1.77. The topological polar surface area (TPSA) is 37.8 Å². The van der Waals surface area contributed by atoms with E-state index in [0.29, 0.717) is 0 Å². The zero-order chi connectivity index (χ0) is 10.7. The standard InChI is InChI=1S/C11H17N3S/c1-3-12-11-8-5-4-6-9(8)13-10(14-11)7-15-2/h3-7H2,1-2H3,(H,12,13,14). The number of aryl methyl sites for hydroxylation is 1. The van der Waals surface area contributed by atoms with Gasteiger partial charge in [0.1, 0.15) is 11.6 Å². The molecule has 0 saturated heterocycles. The minimum atomic E-state index is 0.908. The van der Waals surface area contributed by atoms with Gasteiger partial charge in [0.15, 0.2) is 0 Å². The first-order valence-corrected chi connectivity index (χ1v) is 6.86. The molecule has 0 saturated carbocycles. The Balaban J connectivity index is 2.34. The maximum atomic E-state index is 4.61. The Morgan fingerprint density at radius 1 is 1.33 bits per heavy atom. The Morgan fingerprint density at radius 2 is 2.20 bits per heavy atom. The predicted molar refractivity (Wildman–Crippen MR) is 65.4 cm³/mol. The third-order valence-corrected chi connectivity index (χ3v) is 3.14. The lowest BCUT2D eigenvalue weighted by atomic mass is 10.2. The minimum Gasteiger partial charge on any atom is -0.370 e. The first-order valence-electron chi connectivity index (χ1n) is 5.46. The van der Waals surface area contributed by atoms with Gasteiger partial charge >= 0.3 is 0 Å². The quantitative estimate of drug-likeness (QED) is 0.849. The molecule has 0 spiro atoms. The summed E-state index contributed by atoms with van der Waals surface area (Å²) < 4.78 is 0. The van der Waals surface area contributed by atoms with Crippen molar-refractivity contribution in [3.8, 4) is 0 Å². The third-order valence-electron chi connectivity index (χ3n) is 2.60. The van der Waals surface area contributed by atoms with E-state index in [0.717, 1.165) is 36.8 Å². The molecule has 3 nitrogen and oxygen atoms in total. The van der Waals surface area contributed by atoms with Crippen molar-refractivity contribution >= 4 is 17.6 Å². The van der Waals surface area contributed by atoms with Gasteiger partial charge in [-0.1, -0.05) is 0 Å². The molecule has 0 aliphatic heterocycles. The molecule has 2 rings (SSSR count). The highest BCUT2D eigenvalue weighted by Gasteiger charge is 2.18. The van der Waals surface area contributed by atoms with E-state index >= 15 is 0 Å². The Bertz CT molecular complexity index is 352. The molecule has 1 aromatic heterocycles. The maximum absolute atomic E-state index is 4.61. The normalized spacial score (nSPS) is 14.0. The van der Waals surface area contributed by atoms with Crippen LogP contribution in [-0.2, 0) is 18.6 Å². The summed E-state index contributed by atoms with van der Waals surface area (Å²) in [7, 11) is 0. The van der Waals surface area contributed by atoms with Gasteiger partial charge in [0, 0.05) is 17.8 Å². The summed E-state index contributed by atoms with van der Waals surface area (Å²) in [5.74, 6) is 2.95. The number of fused-ring (bicyclic) bond motifs is 1. The van der Waals surface area contributed by atoms with Crippen LogP contribution < -0.4 is 5.32 Å². The Hall–Kier alpha value is -0.770. The largest absolute Gasteiger partial charge is 0.370 e. The highest BCUT2D eigenvalue weighted by atomic mass is 32.2. The van der Waals surface area contributed by atoms with E-state index in [9.17, 15) is 0 Å². The van der Waals surface area contributed by atoms with Crippen LogP contribution in [0.3, 0.4) is 0 Å². The van der Waals surface area contributed by atoms with Gasteiger partial charge in [-0.05, 0) is 32.4 Å². The van der Waals surface area contributed by atoms with E-state index in [2.05, 4.69) is 28.5 Å². The lowest BCUT2D eigenvalue weighted by Crippen LogP contribution is -2.07. The number of aromatic nitrogens is 2. The van der Waals surface area contributed by atoms with Crippen molar-refractivity contribution in [1.82, 2.24) is 9.97 Å². The Morgan fingerprint density at radius 3 is 2.93 bits per heavy atom. The molecule has 0 amide bonds. The van der Waals surface area contributed by atoms with E-state index in [1.165, 1.54) is 17.7 Å². The molecule has 15 heavy (non-hydrogen) atoms. The van der Waals surface area contributed by atoms with Gasteiger partial charge in [-0.3, -0.25) is 0 Å². The monoisotopic (exact) mass is 223 g/mol. The summed E-state index contributed by atoms with van der Waals surface area (Å²) in [4.78, 5) is 9.19. The highest BCUT2D eigenvalue weighted by Crippen LogP contribution is 2.26.